The molecule has 1 unspecified atom stereocenters. The highest BCUT2D eigenvalue weighted by atomic mass is 32.2. The van der Waals surface area contributed by atoms with Crippen LogP contribution in [0.25, 0.3) is 0 Å². The first kappa shape index (κ1) is 14.9. The van der Waals surface area contributed by atoms with Crippen molar-refractivity contribution in [3.05, 3.63) is 59.4 Å². The molecule has 2 rings (SSSR count). The maximum absolute atomic E-state index is 13.9. The van der Waals surface area contributed by atoms with Gasteiger partial charge in [0.05, 0.1) is 4.90 Å². The van der Waals surface area contributed by atoms with Crippen molar-refractivity contribution >= 4 is 11.8 Å². The second-order valence-corrected chi connectivity index (χ2v) is 5.42. The minimum absolute atomic E-state index is 0.139. The zero-order valence-electron chi connectivity index (χ0n) is 11.1. The lowest BCUT2D eigenvalue weighted by atomic mass is 10.1. The Hall–Kier alpha value is -1.46. The molecular weight excluding hydrogens is 283 g/mol. The number of benzene rings is 2. The van der Waals surface area contributed by atoms with Crippen molar-refractivity contribution < 1.29 is 13.2 Å². The van der Waals surface area contributed by atoms with Gasteiger partial charge in [0.1, 0.15) is 17.5 Å². The molecule has 0 aliphatic carbocycles. The van der Waals surface area contributed by atoms with E-state index in [-0.39, 0.29) is 16.8 Å². The van der Waals surface area contributed by atoms with Gasteiger partial charge in [-0.2, -0.15) is 0 Å². The Labute approximate surface area is 120 Å². The molecule has 0 bridgehead atoms. The molecular formula is C15H14F3NS. The van der Waals surface area contributed by atoms with E-state index in [1.807, 2.05) is 6.92 Å². The minimum Gasteiger partial charge on any atom is -0.313 e. The van der Waals surface area contributed by atoms with Crippen molar-refractivity contribution in [1.82, 2.24) is 5.32 Å². The number of nitrogens with one attached hydrogen (secondary N) is 1. The topological polar surface area (TPSA) is 12.0 Å². The van der Waals surface area contributed by atoms with Crippen LogP contribution in [-0.4, -0.2) is 7.05 Å². The molecule has 20 heavy (non-hydrogen) atoms. The minimum atomic E-state index is -0.524. The van der Waals surface area contributed by atoms with Crippen LogP contribution in [0.15, 0.2) is 46.2 Å². The number of hydrogen-bond acceptors (Lipinski definition) is 2. The molecule has 0 fully saturated rings. The summed E-state index contributed by atoms with van der Waals surface area (Å²) in [6, 6.07) is 7.62. The van der Waals surface area contributed by atoms with Crippen molar-refractivity contribution in [1.29, 1.82) is 0 Å². The summed E-state index contributed by atoms with van der Waals surface area (Å²) in [7, 11) is 1.72. The van der Waals surface area contributed by atoms with E-state index in [1.165, 1.54) is 6.07 Å². The fraction of sp³-hybridized carbons (Fsp3) is 0.200. The highest BCUT2D eigenvalue weighted by Gasteiger charge is 2.16. The molecule has 5 heteroatoms. The van der Waals surface area contributed by atoms with Gasteiger partial charge in [-0.3, -0.25) is 0 Å². The zero-order chi connectivity index (χ0) is 14.7. The standard InChI is InChI=1S/C15H14F3NS/c1-9(19-2)15-12(18)4-3-5-13(15)20-14-8-10(16)6-7-11(14)17/h3-9,19H,1-2H3. The molecule has 2 aromatic carbocycles. The Morgan fingerprint density at radius 3 is 2.45 bits per heavy atom. The molecule has 1 nitrogen and oxygen atoms in total. The Bertz CT molecular complexity index is 616. The highest BCUT2D eigenvalue weighted by Crippen LogP contribution is 2.36. The van der Waals surface area contributed by atoms with Crippen molar-refractivity contribution in [2.75, 3.05) is 7.05 Å². The summed E-state index contributed by atoms with van der Waals surface area (Å²) in [6.45, 7) is 1.81. The SMILES string of the molecule is CNC(C)c1c(F)cccc1Sc1cc(F)ccc1F. The van der Waals surface area contributed by atoms with Gasteiger partial charge < -0.3 is 5.32 Å². The first-order valence-corrected chi connectivity index (χ1v) is 6.93. The molecule has 0 aliphatic rings. The largest absolute Gasteiger partial charge is 0.313 e. The third kappa shape index (κ3) is 3.16. The summed E-state index contributed by atoms with van der Waals surface area (Å²) in [6.07, 6.45) is 0. The van der Waals surface area contributed by atoms with Gasteiger partial charge in [-0.1, -0.05) is 17.8 Å². The summed E-state index contributed by atoms with van der Waals surface area (Å²) in [5.41, 5.74) is 0.448. The maximum atomic E-state index is 13.9. The fourth-order valence-electron chi connectivity index (χ4n) is 1.84. The monoisotopic (exact) mass is 297 g/mol. The third-order valence-corrected chi connectivity index (χ3v) is 4.10. The van der Waals surface area contributed by atoms with E-state index in [0.717, 1.165) is 30.0 Å². The van der Waals surface area contributed by atoms with E-state index >= 15 is 0 Å². The molecule has 0 aromatic heterocycles. The van der Waals surface area contributed by atoms with E-state index in [0.29, 0.717) is 10.5 Å². The molecule has 0 heterocycles. The van der Waals surface area contributed by atoms with E-state index in [4.69, 9.17) is 0 Å². The van der Waals surface area contributed by atoms with Crippen molar-refractivity contribution in [3.8, 4) is 0 Å². The Morgan fingerprint density at radius 2 is 1.75 bits per heavy atom. The van der Waals surface area contributed by atoms with Crippen LogP contribution in [0, 0.1) is 17.5 Å². The van der Waals surface area contributed by atoms with E-state index in [9.17, 15) is 13.2 Å². The molecule has 2 aromatic rings. The van der Waals surface area contributed by atoms with E-state index in [1.54, 1.807) is 19.2 Å². The summed E-state index contributed by atoms with van der Waals surface area (Å²) in [4.78, 5) is 0.705. The van der Waals surface area contributed by atoms with Gasteiger partial charge in [-0.25, -0.2) is 13.2 Å². The summed E-state index contributed by atoms with van der Waals surface area (Å²) < 4.78 is 40.8. The second kappa shape index (κ2) is 6.33. The normalized spacial score (nSPS) is 12.4. The molecule has 0 spiro atoms. The predicted molar refractivity (Wildman–Crippen MR) is 74.4 cm³/mol. The average Bonchev–Trinajstić information content (AvgIpc) is 2.42. The van der Waals surface area contributed by atoms with Gasteiger partial charge in [0.15, 0.2) is 0 Å². The van der Waals surface area contributed by atoms with Crippen LogP contribution in [0.5, 0.6) is 0 Å². The van der Waals surface area contributed by atoms with Crippen LogP contribution < -0.4 is 5.32 Å². The van der Waals surface area contributed by atoms with Crippen LogP contribution >= 0.6 is 11.8 Å². The lowest BCUT2D eigenvalue weighted by Gasteiger charge is -2.16. The predicted octanol–water partition coefficient (Wildman–Crippen LogP) is 4.54. The van der Waals surface area contributed by atoms with Gasteiger partial charge in [-0.15, -0.1) is 0 Å². The summed E-state index contributed by atoms with van der Waals surface area (Å²) in [5.74, 6) is -1.41. The van der Waals surface area contributed by atoms with Gasteiger partial charge in [-0.05, 0) is 44.3 Å². The Balaban J connectivity index is 2.43. The van der Waals surface area contributed by atoms with Crippen LogP contribution in [0.2, 0.25) is 0 Å². The molecule has 0 amide bonds. The van der Waals surface area contributed by atoms with Gasteiger partial charge in [0.25, 0.3) is 0 Å². The molecule has 1 atom stereocenters. The van der Waals surface area contributed by atoms with Gasteiger partial charge >= 0.3 is 0 Å². The third-order valence-electron chi connectivity index (χ3n) is 2.99. The van der Waals surface area contributed by atoms with Crippen molar-refractivity contribution in [2.45, 2.75) is 22.8 Å². The van der Waals surface area contributed by atoms with Crippen LogP contribution in [0.3, 0.4) is 0 Å². The lowest BCUT2D eigenvalue weighted by Crippen LogP contribution is -2.15. The molecule has 0 radical (unpaired) electrons. The van der Waals surface area contributed by atoms with E-state index in [2.05, 4.69) is 5.32 Å². The first-order chi connectivity index (χ1) is 9.52. The van der Waals surface area contributed by atoms with Crippen LogP contribution in [-0.2, 0) is 0 Å². The maximum Gasteiger partial charge on any atom is 0.137 e. The molecule has 106 valence electrons. The van der Waals surface area contributed by atoms with Crippen molar-refractivity contribution in [3.63, 3.8) is 0 Å². The zero-order valence-corrected chi connectivity index (χ0v) is 11.9. The molecule has 0 saturated heterocycles. The van der Waals surface area contributed by atoms with Gasteiger partial charge in [0.2, 0.25) is 0 Å². The van der Waals surface area contributed by atoms with Crippen LogP contribution in [0.1, 0.15) is 18.5 Å². The summed E-state index contributed by atoms with van der Waals surface area (Å²) in [5, 5.41) is 2.95. The number of halogens is 3. The van der Waals surface area contributed by atoms with E-state index < -0.39 is 11.6 Å². The lowest BCUT2D eigenvalue weighted by molar-refractivity contribution is 0.551. The molecule has 1 N–H and O–H groups in total. The average molecular weight is 297 g/mol. The Morgan fingerprint density at radius 1 is 1.00 bits per heavy atom. The fourth-order valence-corrected chi connectivity index (χ4v) is 2.95. The molecule has 0 aliphatic heterocycles. The first-order valence-electron chi connectivity index (χ1n) is 6.11. The second-order valence-electron chi connectivity index (χ2n) is 4.34. The number of hydrogen-bond donors (Lipinski definition) is 1. The molecule has 0 saturated carbocycles. The van der Waals surface area contributed by atoms with Crippen LogP contribution in [0.4, 0.5) is 13.2 Å². The van der Waals surface area contributed by atoms with Crippen molar-refractivity contribution in [2.24, 2.45) is 0 Å². The smallest absolute Gasteiger partial charge is 0.137 e. The van der Waals surface area contributed by atoms with Gasteiger partial charge in [0, 0.05) is 16.5 Å². The highest BCUT2D eigenvalue weighted by molar-refractivity contribution is 7.99. The Kier molecular flexibility index (Phi) is 4.73. The number of rotatable bonds is 4. The quantitative estimate of drug-likeness (QED) is 0.889. The summed E-state index contributed by atoms with van der Waals surface area (Å²) >= 11 is 1.02.